The third kappa shape index (κ3) is 5.39. The number of aromatic amines is 1. The number of carbonyl (C=O) groups is 1. The summed E-state index contributed by atoms with van der Waals surface area (Å²) in [7, 11) is 0. The van der Waals surface area contributed by atoms with E-state index in [1.807, 2.05) is 25.1 Å². The van der Waals surface area contributed by atoms with Crippen LogP contribution in [0.1, 0.15) is 48.7 Å². The predicted octanol–water partition coefficient (Wildman–Crippen LogP) is 1.41. The minimum absolute atomic E-state index is 0. The van der Waals surface area contributed by atoms with Crippen molar-refractivity contribution in [3.8, 4) is 0 Å². The molecule has 155 valence electrons. The fourth-order valence-electron chi connectivity index (χ4n) is 3.46. The van der Waals surface area contributed by atoms with Crippen molar-refractivity contribution < 1.29 is 27.2 Å². The molecule has 0 spiro atoms. The first-order valence-corrected chi connectivity index (χ1v) is 9.54. The minimum atomic E-state index is -0.660. The van der Waals surface area contributed by atoms with E-state index in [9.17, 15) is 4.79 Å². The number of rotatable bonds is 7. The van der Waals surface area contributed by atoms with Gasteiger partial charge in [0.1, 0.15) is 0 Å². The number of amides is 1. The van der Waals surface area contributed by atoms with Crippen molar-refractivity contribution in [1.29, 1.82) is 5.41 Å². The number of H-pyrrole nitrogens is 1. The number of carbonyl (C=O) groups excluding carboxylic acids is 1. The SMILES string of the molecule is CCNc1cccc(Nc2[nH]c(=N[C@@H]3CCCC[C@@H]3N)[n-]c2C(N)=O)c1C=N.[Nb]. The van der Waals surface area contributed by atoms with Crippen molar-refractivity contribution in [2.24, 2.45) is 16.5 Å². The first kappa shape index (κ1) is 23.0. The van der Waals surface area contributed by atoms with Gasteiger partial charge in [-0.2, -0.15) is 0 Å². The maximum atomic E-state index is 11.9. The summed E-state index contributed by atoms with van der Waals surface area (Å²) in [5.41, 5.74) is 14.2. The summed E-state index contributed by atoms with van der Waals surface area (Å²) in [5, 5.41) is 14.1. The van der Waals surface area contributed by atoms with E-state index in [0.717, 1.165) is 37.9 Å². The van der Waals surface area contributed by atoms with Crippen LogP contribution in [0.4, 0.5) is 17.2 Å². The molecule has 1 heterocycles. The predicted molar refractivity (Wildman–Crippen MR) is 110 cm³/mol. The normalized spacial score (nSPS) is 19.3. The maximum absolute atomic E-state index is 11.9. The Balaban J connectivity index is 0.00000300. The van der Waals surface area contributed by atoms with Crippen LogP contribution in [0.15, 0.2) is 23.2 Å². The number of nitrogens with two attached hydrogens (primary N) is 2. The monoisotopic (exact) mass is 476 g/mol. The summed E-state index contributed by atoms with van der Waals surface area (Å²) in [6, 6.07) is 5.54. The molecule has 0 saturated heterocycles. The fraction of sp³-hybridized carbons (Fsp3) is 0.421. The van der Waals surface area contributed by atoms with Crippen LogP contribution in [0.25, 0.3) is 0 Å². The van der Waals surface area contributed by atoms with E-state index in [4.69, 9.17) is 16.9 Å². The minimum Gasteiger partial charge on any atom is -0.398 e. The van der Waals surface area contributed by atoms with Crippen LogP contribution < -0.4 is 32.7 Å². The summed E-state index contributed by atoms with van der Waals surface area (Å²) in [6.45, 7) is 2.71. The molecule has 3 rings (SSSR count). The van der Waals surface area contributed by atoms with Crippen molar-refractivity contribution in [2.75, 3.05) is 17.2 Å². The number of imidazole rings is 1. The molecule has 1 aromatic heterocycles. The van der Waals surface area contributed by atoms with Gasteiger partial charge in [0.25, 0.3) is 5.91 Å². The molecule has 1 fully saturated rings. The molecule has 0 aliphatic heterocycles. The van der Waals surface area contributed by atoms with E-state index in [1.165, 1.54) is 6.21 Å². The van der Waals surface area contributed by atoms with Gasteiger partial charge < -0.3 is 42.5 Å². The topological polar surface area (TPSA) is 159 Å². The van der Waals surface area contributed by atoms with Gasteiger partial charge in [-0.25, -0.2) is 0 Å². The molecule has 9 nitrogen and oxygen atoms in total. The number of hydrogen-bond donors (Lipinski definition) is 6. The van der Waals surface area contributed by atoms with Gasteiger partial charge >= 0.3 is 0 Å². The molecule has 2 aromatic rings. The number of hydrogen-bond acceptors (Lipinski definition) is 6. The summed E-state index contributed by atoms with van der Waals surface area (Å²) in [5.74, 6) is -0.306. The van der Waals surface area contributed by atoms with Crippen LogP contribution in [0.3, 0.4) is 0 Å². The molecule has 0 unspecified atom stereocenters. The molecular weight excluding hydrogens is 449 g/mol. The van der Waals surface area contributed by atoms with E-state index in [2.05, 4.69) is 25.6 Å². The first-order chi connectivity index (χ1) is 13.5. The number of primary amides is 1. The van der Waals surface area contributed by atoms with E-state index < -0.39 is 5.91 Å². The average molecular weight is 476 g/mol. The van der Waals surface area contributed by atoms with Crippen LogP contribution in [-0.2, 0) is 22.4 Å². The molecule has 1 amide bonds. The largest absolute Gasteiger partial charge is 0.398 e. The molecule has 1 radical (unpaired) electrons. The Labute approximate surface area is 185 Å². The summed E-state index contributed by atoms with van der Waals surface area (Å²) >= 11 is 0. The maximum Gasteiger partial charge on any atom is 0.253 e. The Bertz CT molecular complexity index is 919. The second kappa shape index (κ2) is 10.4. The quantitative estimate of drug-likeness (QED) is 0.263. The van der Waals surface area contributed by atoms with Gasteiger partial charge in [0, 0.05) is 69.8 Å². The van der Waals surface area contributed by atoms with Crippen molar-refractivity contribution in [3.05, 3.63) is 35.1 Å². The third-order valence-corrected chi connectivity index (χ3v) is 4.87. The molecule has 1 aliphatic carbocycles. The van der Waals surface area contributed by atoms with E-state index >= 15 is 0 Å². The molecule has 29 heavy (non-hydrogen) atoms. The molecule has 10 heteroatoms. The van der Waals surface area contributed by atoms with E-state index in [1.54, 1.807) is 0 Å². The standard InChI is InChI=1S/C19H28N8O.Nb/c1-2-23-13-8-5-9-14(11(13)10-20)24-18-16(17(22)28)26-19(27-18)25-15-7-4-3-6-12(15)21;/h5,8-10,12,15H,2-4,6-7,21H2,1H3,(H7,20,22,23,24,25,26,27,28);/p-1/t12-,15+;/m0./s1. The Morgan fingerprint density at radius 3 is 2.76 bits per heavy atom. The van der Waals surface area contributed by atoms with Gasteiger partial charge in [-0.3, -0.25) is 4.79 Å². The molecule has 2 atom stereocenters. The molecule has 1 aliphatic rings. The number of nitrogens with zero attached hydrogens (tertiary/aromatic N) is 2. The van der Waals surface area contributed by atoms with Crippen LogP contribution in [0.5, 0.6) is 0 Å². The average Bonchev–Trinajstić information content (AvgIpc) is 3.07. The second-order valence-electron chi connectivity index (χ2n) is 6.86. The van der Waals surface area contributed by atoms with Gasteiger partial charge in [0.2, 0.25) is 0 Å². The van der Waals surface area contributed by atoms with Crippen LogP contribution in [-0.4, -0.2) is 35.7 Å². The van der Waals surface area contributed by atoms with Crippen LogP contribution >= 0.6 is 0 Å². The summed E-state index contributed by atoms with van der Waals surface area (Å²) in [6.07, 6.45) is 5.28. The van der Waals surface area contributed by atoms with Crippen LogP contribution in [0, 0.1) is 5.41 Å². The van der Waals surface area contributed by atoms with Crippen molar-refractivity contribution in [1.82, 2.24) is 9.97 Å². The first-order valence-electron chi connectivity index (χ1n) is 9.54. The molecule has 0 bridgehead atoms. The summed E-state index contributed by atoms with van der Waals surface area (Å²) < 4.78 is 0. The Kier molecular flexibility index (Phi) is 8.27. The van der Waals surface area contributed by atoms with E-state index in [-0.39, 0.29) is 40.2 Å². The molecule has 8 N–H and O–H groups in total. The Morgan fingerprint density at radius 1 is 1.38 bits per heavy atom. The van der Waals surface area contributed by atoms with Gasteiger partial charge in [0.15, 0.2) is 0 Å². The van der Waals surface area contributed by atoms with Gasteiger partial charge in [-0.05, 0) is 31.9 Å². The fourth-order valence-corrected chi connectivity index (χ4v) is 3.46. The third-order valence-electron chi connectivity index (χ3n) is 4.87. The number of aromatic nitrogens is 2. The smallest absolute Gasteiger partial charge is 0.253 e. The molecule has 1 aromatic carbocycles. The van der Waals surface area contributed by atoms with Crippen molar-refractivity contribution in [3.63, 3.8) is 0 Å². The zero-order valence-corrected chi connectivity index (χ0v) is 18.6. The Morgan fingerprint density at radius 2 is 2.10 bits per heavy atom. The zero-order chi connectivity index (χ0) is 20.1. The van der Waals surface area contributed by atoms with Gasteiger partial charge in [0.05, 0.1) is 11.5 Å². The zero-order valence-electron chi connectivity index (χ0n) is 16.4. The number of benzene rings is 1. The van der Waals surface area contributed by atoms with Crippen LogP contribution in [0.2, 0.25) is 0 Å². The molecule has 1 saturated carbocycles. The van der Waals surface area contributed by atoms with Gasteiger partial charge in [-0.1, -0.05) is 18.9 Å². The van der Waals surface area contributed by atoms with Gasteiger partial charge in [-0.15, -0.1) is 0 Å². The number of nitrogens with one attached hydrogen (secondary N) is 4. The summed E-state index contributed by atoms with van der Waals surface area (Å²) in [4.78, 5) is 23.8. The second-order valence-corrected chi connectivity index (χ2v) is 6.86. The number of anilines is 3. The van der Waals surface area contributed by atoms with Crippen molar-refractivity contribution in [2.45, 2.75) is 44.7 Å². The Hall–Kier alpha value is -2.33. The molecular formula is C19H27N8NbO-. The van der Waals surface area contributed by atoms with E-state index in [0.29, 0.717) is 22.7 Å². The van der Waals surface area contributed by atoms with Crippen molar-refractivity contribution >= 4 is 29.3 Å².